The van der Waals surface area contributed by atoms with Crippen LogP contribution in [0.5, 0.6) is 5.75 Å². The van der Waals surface area contributed by atoms with Crippen LogP contribution in [0, 0.1) is 18.3 Å². The highest BCUT2D eigenvalue weighted by atomic mass is 19.1. The van der Waals surface area contributed by atoms with Crippen molar-refractivity contribution in [1.82, 2.24) is 5.32 Å². The minimum Gasteiger partial charge on any atom is -0.507 e. The van der Waals surface area contributed by atoms with Gasteiger partial charge in [-0.25, -0.2) is 9.18 Å². The minimum absolute atomic E-state index is 0.0301. The summed E-state index contributed by atoms with van der Waals surface area (Å²) in [5, 5.41) is 34.6. The molecule has 0 radical (unpaired) electrons. The number of esters is 1. The molecule has 1 aromatic rings. The fourth-order valence-corrected chi connectivity index (χ4v) is 5.72. The number of phenols is 1. The molecule has 9 unspecified atom stereocenters. The zero-order valence-electron chi connectivity index (χ0n) is 25.6. The van der Waals surface area contributed by atoms with Gasteiger partial charge in [0.05, 0.1) is 18.3 Å². The zero-order chi connectivity index (χ0) is 31.5. The van der Waals surface area contributed by atoms with E-state index in [0.717, 1.165) is 11.1 Å². The number of methoxy groups -OCH3 is 2. The Morgan fingerprint density at radius 3 is 2.50 bits per heavy atom. The molecule has 1 saturated heterocycles. The van der Waals surface area contributed by atoms with Gasteiger partial charge in [0.1, 0.15) is 29.7 Å². The third-order valence-electron chi connectivity index (χ3n) is 8.81. The number of amides is 1. The first kappa shape index (κ1) is 33.9. The quantitative estimate of drug-likeness (QED) is 0.163. The Kier molecular flexibility index (Phi) is 11.2. The Morgan fingerprint density at radius 2 is 1.90 bits per heavy atom. The molecule has 2 aliphatic heterocycles. The number of aryl methyl sites for hydroxylation is 1. The molecule has 1 aromatic carbocycles. The van der Waals surface area contributed by atoms with E-state index in [1.807, 2.05) is 6.92 Å². The third-order valence-corrected chi connectivity index (χ3v) is 8.81. The number of hydrogen-bond donors (Lipinski definition) is 4. The first-order chi connectivity index (χ1) is 19.6. The SMILES string of the molecule is C=C(C)CC(OC)C(O)C(=O)NC(OC)C1CC(F)C(C)(C)C(CC(O)C(C)C2Cc3c(C)ccc(O)c3C(=O)O2)O1. The van der Waals surface area contributed by atoms with Gasteiger partial charge in [0.25, 0.3) is 5.91 Å². The van der Waals surface area contributed by atoms with Crippen molar-refractivity contribution in [2.45, 2.75) is 109 Å². The number of rotatable bonds is 12. The summed E-state index contributed by atoms with van der Waals surface area (Å²) in [6.07, 6.45) is -7.62. The zero-order valence-corrected chi connectivity index (χ0v) is 25.6. The molecule has 10 nitrogen and oxygen atoms in total. The Morgan fingerprint density at radius 1 is 1.24 bits per heavy atom. The van der Waals surface area contributed by atoms with Gasteiger partial charge in [-0.3, -0.25) is 4.79 Å². The highest BCUT2D eigenvalue weighted by Crippen LogP contribution is 2.42. The van der Waals surface area contributed by atoms with E-state index in [1.165, 1.54) is 20.3 Å². The van der Waals surface area contributed by atoms with Crippen LogP contribution >= 0.6 is 0 Å². The number of cyclic esters (lactones) is 1. The van der Waals surface area contributed by atoms with E-state index in [1.54, 1.807) is 33.8 Å². The molecular weight excluding hydrogens is 549 g/mol. The van der Waals surface area contributed by atoms with Crippen LogP contribution in [-0.2, 0) is 30.2 Å². The average Bonchev–Trinajstić information content (AvgIpc) is 2.93. The lowest BCUT2D eigenvalue weighted by atomic mass is 9.73. The van der Waals surface area contributed by atoms with Gasteiger partial charge >= 0.3 is 5.97 Å². The molecule has 236 valence electrons. The third kappa shape index (κ3) is 7.31. The van der Waals surface area contributed by atoms with Crippen molar-refractivity contribution < 1.29 is 48.2 Å². The van der Waals surface area contributed by atoms with Gasteiger partial charge in [-0.2, -0.15) is 0 Å². The van der Waals surface area contributed by atoms with Crippen LogP contribution < -0.4 is 5.32 Å². The van der Waals surface area contributed by atoms with E-state index >= 15 is 4.39 Å². The fraction of sp³-hybridized carbons (Fsp3) is 0.677. The van der Waals surface area contributed by atoms with Crippen LogP contribution in [0.1, 0.15) is 68.4 Å². The van der Waals surface area contributed by atoms with Gasteiger partial charge in [-0.1, -0.05) is 32.4 Å². The highest BCUT2D eigenvalue weighted by molar-refractivity contribution is 5.95. The van der Waals surface area contributed by atoms with Crippen molar-refractivity contribution in [3.63, 3.8) is 0 Å². The molecule has 0 saturated carbocycles. The van der Waals surface area contributed by atoms with E-state index in [9.17, 15) is 24.9 Å². The maximum absolute atomic E-state index is 15.6. The first-order valence-corrected chi connectivity index (χ1v) is 14.3. The Labute approximate surface area is 247 Å². The van der Waals surface area contributed by atoms with Crippen LogP contribution in [-0.4, -0.2) is 90.4 Å². The molecule has 0 bridgehead atoms. The van der Waals surface area contributed by atoms with Crippen molar-refractivity contribution in [3.8, 4) is 5.75 Å². The normalized spacial score (nSPS) is 27.1. The molecule has 0 aromatic heterocycles. The van der Waals surface area contributed by atoms with Crippen molar-refractivity contribution in [1.29, 1.82) is 0 Å². The molecule has 2 aliphatic rings. The van der Waals surface area contributed by atoms with Crippen LogP contribution in [0.4, 0.5) is 4.39 Å². The van der Waals surface area contributed by atoms with Crippen LogP contribution in [0.2, 0.25) is 0 Å². The largest absolute Gasteiger partial charge is 0.507 e. The van der Waals surface area contributed by atoms with Crippen molar-refractivity contribution in [2.75, 3.05) is 14.2 Å². The van der Waals surface area contributed by atoms with E-state index in [2.05, 4.69) is 11.9 Å². The van der Waals surface area contributed by atoms with Gasteiger partial charge in [0.2, 0.25) is 0 Å². The fourth-order valence-electron chi connectivity index (χ4n) is 5.72. The number of carbonyl (C=O) groups excluding carboxylic acids is 2. The predicted octanol–water partition coefficient (Wildman–Crippen LogP) is 3.12. The summed E-state index contributed by atoms with van der Waals surface area (Å²) in [6.45, 7) is 12.6. The second-order valence-corrected chi connectivity index (χ2v) is 12.3. The van der Waals surface area contributed by atoms with Crippen LogP contribution in [0.15, 0.2) is 24.3 Å². The molecule has 3 rings (SSSR count). The molecule has 0 aliphatic carbocycles. The maximum atomic E-state index is 15.6. The number of halogens is 1. The van der Waals surface area contributed by atoms with Gasteiger partial charge < -0.3 is 39.6 Å². The van der Waals surface area contributed by atoms with Gasteiger partial charge in [-0.05, 0) is 37.5 Å². The number of nitrogens with one attached hydrogen (secondary N) is 1. The molecule has 4 N–H and O–H groups in total. The molecule has 9 atom stereocenters. The lowest BCUT2D eigenvalue weighted by Crippen LogP contribution is -2.58. The van der Waals surface area contributed by atoms with Crippen LogP contribution in [0.3, 0.4) is 0 Å². The maximum Gasteiger partial charge on any atom is 0.342 e. The summed E-state index contributed by atoms with van der Waals surface area (Å²) in [5.41, 5.74) is 1.39. The topological polar surface area (TPSA) is 144 Å². The first-order valence-electron chi connectivity index (χ1n) is 14.3. The molecule has 2 heterocycles. The molecule has 1 fully saturated rings. The predicted molar refractivity (Wildman–Crippen MR) is 153 cm³/mol. The number of hydrogen-bond acceptors (Lipinski definition) is 9. The number of phenolic OH excluding ortho intramolecular Hbond substituents is 1. The molecule has 42 heavy (non-hydrogen) atoms. The number of aromatic hydroxyl groups is 1. The van der Waals surface area contributed by atoms with Crippen LogP contribution in [0.25, 0.3) is 0 Å². The summed E-state index contributed by atoms with van der Waals surface area (Å²) < 4.78 is 38.2. The van der Waals surface area contributed by atoms with E-state index in [-0.39, 0.29) is 30.6 Å². The average molecular weight is 596 g/mol. The summed E-state index contributed by atoms with van der Waals surface area (Å²) in [6, 6.07) is 3.18. The molecule has 0 spiro atoms. The summed E-state index contributed by atoms with van der Waals surface area (Å²) in [5.74, 6) is -2.09. The van der Waals surface area contributed by atoms with Crippen molar-refractivity contribution in [2.24, 2.45) is 11.3 Å². The molecular formula is C31H46FNO9. The second kappa shape index (κ2) is 13.8. The van der Waals surface area contributed by atoms with Gasteiger partial charge in [-0.15, -0.1) is 6.58 Å². The van der Waals surface area contributed by atoms with Gasteiger partial charge in [0, 0.05) is 44.8 Å². The lowest BCUT2D eigenvalue weighted by Gasteiger charge is -2.47. The number of ether oxygens (including phenoxy) is 4. The number of aliphatic hydroxyl groups excluding tert-OH is 2. The molecule has 1 amide bonds. The van der Waals surface area contributed by atoms with Gasteiger partial charge in [0.15, 0.2) is 12.3 Å². The smallest absolute Gasteiger partial charge is 0.342 e. The second-order valence-electron chi connectivity index (χ2n) is 12.3. The van der Waals surface area contributed by atoms with Crippen molar-refractivity contribution >= 4 is 11.9 Å². The summed E-state index contributed by atoms with van der Waals surface area (Å²) in [7, 11) is 2.73. The Balaban J connectivity index is 1.72. The monoisotopic (exact) mass is 595 g/mol. The number of fused-ring (bicyclic) bond motifs is 1. The standard InChI is InChI=1S/C31H46FNO9/c1-15(2)11-22(39-7)27(36)28(37)33-29(40-8)23-14-24(32)31(5,6)25(41-23)13-20(35)17(4)21-12-18-16(3)9-10-19(34)26(18)30(38)42-21/h9-10,17,20-25,27,29,34-36H,1,11-14H2,2-8H3,(H,33,37). The number of alkyl halides is 1. The number of aliphatic hydroxyl groups is 2. The van der Waals surface area contributed by atoms with E-state index < -0.39 is 72.2 Å². The lowest BCUT2D eigenvalue weighted by molar-refractivity contribution is -0.204. The van der Waals surface area contributed by atoms with E-state index in [0.29, 0.717) is 12.0 Å². The number of benzene rings is 1. The highest BCUT2D eigenvalue weighted by Gasteiger charge is 2.49. The molecule has 11 heteroatoms. The Hall–Kier alpha value is -2.57. The number of carbonyl (C=O) groups is 2. The minimum atomic E-state index is -1.52. The summed E-state index contributed by atoms with van der Waals surface area (Å²) >= 11 is 0. The Bertz CT molecular complexity index is 1140. The summed E-state index contributed by atoms with van der Waals surface area (Å²) in [4.78, 5) is 25.5. The van der Waals surface area contributed by atoms with Crippen molar-refractivity contribution in [3.05, 3.63) is 41.0 Å². The van der Waals surface area contributed by atoms with E-state index in [4.69, 9.17) is 18.9 Å².